The highest BCUT2D eigenvalue weighted by atomic mass is 16.3. The number of hydrogen-bond donors (Lipinski definition) is 2. The van der Waals surface area contributed by atoms with E-state index in [2.05, 4.69) is 25.8 Å². The van der Waals surface area contributed by atoms with Crippen molar-refractivity contribution in [1.82, 2.24) is 4.90 Å². The molecule has 0 saturated heterocycles. The molecule has 0 atom stereocenters. The Balaban J connectivity index is 0. The van der Waals surface area contributed by atoms with Crippen LogP contribution in [0.4, 0.5) is 0 Å². The Morgan fingerprint density at radius 2 is 1.30 bits per heavy atom. The van der Waals surface area contributed by atoms with Crippen LogP contribution in [0, 0.1) is 0 Å². The van der Waals surface area contributed by atoms with Gasteiger partial charge < -0.3 is 15.1 Å². The molecule has 0 bridgehead atoms. The van der Waals surface area contributed by atoms with Crippen molar-refractivity contribution in [3.63, 3.8) is 0 Å². The SMILES string of the molecule is CCN(C)CC.OCCO. The van der Waals surface area contributed by atoms with E-state index >= 15 is 0 Å². The molecule has 3 heteroatoms. The van der Waals surface area contributed by atoms with Crippen LogP contribution >= 0.6 is 0 Å². The molecule has 0 radical (unpaired) electrons. The lowest BCUT2D eigenvalue weighted by molar-refractivity contribution is 0.186. The fourth-order valence-corrected chi connectivity index (χ4v) is 0.224. The van der Waals surface area contributed by atoms with Crippen LogP contribution in [0.15, 0.2) is 0 Å². The van der Waals surface area contributed by atoms with E-state index in [0.717, 1.165) is 13.1 Å². The van der Waals surface area contributed by atoms with Crippen molar-refractivity contribution in [3.8, 4) is 0 Å². The normalized spacial score (nSPS) is 9.00. The van der Waals surface area contributed by atoms with Crippen LogP contribution in [-0.2, 0) is 0 Å². The molecule has 0 spiro atoms. The van der Waals surface area contributed by atoms with Crippen LogP contribution < -0.4 is 0 Å². The van der Waals surface area contributed by atoms with Crippen molar-refractivity contribution in [3.05, 3.63) is 0 Å². The minimum absolute atomic E-state index is 0.125. The van der Waals surface area contributed by atoms with Gasteiger partial charge in [-0.2, -0.15) is 0 Å². The van der Waals surface area contributed by atoms with E-state index in [1.807, 2.05) is 0 Å². The molecule has 0 heterocycles. The Kier molecular flexibility index (Phi) is 14.6. The van der Waals surface area contributed by atoms with E-state index in [-0.39, 0.29) is 13.2 Å². The molecular weight excluding hydrogens is 130 g/mol. The Morgan fingerprint density at radius 1 is 1.00 bits per heavy atom. The highest BCUT2D eigenvalue weighted by molar-refractivity contribution is 4.36. The largest absolute Gasteiger partial charge is 0.394 e. The average Bonchev–Trinajstić information content (AvgIpc) is 2.03. The highest BCUT2D eigenvalue weighted by Gasteiger charge is 1.81. The van der Waals surface area contributed by atoms with Crippen molar-refractivity contribution >= 4 is 0 Å². The lowest BCUT2D eigenvalue weighted by Crippen LogP contribution is -2.15. The van der Waals surface area contributed by atoms with Gasteiger partial charge in [0.05, 0.1) is 13.2 Å². The number of aliphatic hydroxyl groups is 2. The first-order valence-electron chi connectivity index (χ1n) is 3.63. The van der Waals surface area contributed by atoms with Crippen molar-refractivity contribution < 1.29 is 10.2 Å². The Bertz CT molecular complexity index is 44.9. The van der Waals surface area contributed by atoms with Gasteiger partial charge in [0.2, 0.25) is 0 Å². The molecule has 0 unspecified atom stereocenters. The van der Waals surface area contributed by atoms with Crippen molar-refractivity contribution in [2.75, 3.05) is 33.4 Å². The lowest BCUT2D eigenvalue weighted by atomic mass is 10.6. The van der Waals surface area contributed by atoms with Gasteiger partial charge in [-0.3, -0.25) is 0 Å². The summed E-state index contributed by atoms with van der Waals surface area (Å²) in [5, 5.41) is 15.2. The van der Waals surface area contributed by atoms with Gasteiger partial charge in [-0.25, -0.2) is 0 Å². The predicted molar refractivity (Wildman–Crippen MR) is 43.0 cm³/mol. The smallest absolute Gasteiger partial charge is 0.0662 e. The minimum Gasteiger partial charge on any atom is -0.394 e. The molecular formula is C7H19NO2. The maximum atomic E-state index is 7.62. The molecule has 10 heavy (non-hydrogen) atoms. The first-order chi connectivity index (χ1) is 4.72. The zero-order chi connectivity index (χ0) is 8.41. The molecule has 0 aromatic carbocycles. The van der Waals surface area contributed by atoms with E-state index in [1.54, 1.807) is 0 Å². The van der Waals surface area contributed by atoms with Crippen molar-refractivity contribution in [2.45, 2.75) is 13.8 Å². The summed E-state index contributed by atoms with van der Waals surface area (Å²) in [5.41, 5.74) is 0. The second-order valence-corrected chi connectivity index (χ2v) is 1.94. The zero-order valence-electron chi connectivity index (χ0n) is 7.17. The van der Waals surface area contributed by atoms with E-state index in [0.29, 0.717) is 0 Å². The second-order valence-electron chi connectivity index (χ2n) is 1.94. The molecule has 0 amide bonds. The monoisotopic (exact) mass is 149 g/mol. The fraction of sp³-hybridized carbons (Fsp3) is 1.00. The van der Waals surface area contributed by atoms with Crippen LogP contribution in [0.3, 0.4) is 0 Å². The molecule has 0 rings (SSSR count). The molecule has 0 aliphatic heterocycles. The lowest BCUT2D eigenvalue weighted by Gasteiger charge is -2.07. The molecule has 0 aromatic heterocycles. The second kappa shape index (κ2) is 11.6. The van der Waals surface area contributed by atoms with Crippen molar-refractivity contribution in [2.24, 2.45) is 0 Å². The van der Waals surface area contributed by atoms with Gasteiger partial charge in [-0.15, -0.1) is 0 Å². The molecule has 2 N–H and O–H groups in total. The quantitative estimate of drug-likeness (QED) is 0.590. The van der Waals surface area contributed by atoms with E-state index in [4.69, 9.17) is 10.2 Å². The van der Waals surface area contributed by atoms with E-state index in [9.17, 15) is 0 Å². The first-order valence-corrected chi connectivity index (χ1v) is 3.63. The summed E-state index contributed by atoms with van der Waals surface area (Å²) in [4.78, 5) is 2.25. The Morgan fingerprint density at radius 3 is 1.30 bits per heavy atom. The van der Waals surface area contributed by atoms with Crippen molar-refractivity contribution in [1.29, 1.82) is 0 Å². The van der Waals surface area contributed by atoms with Gasteiger partial charge in [-0.1, -0.05) is 13.8 Å². The summed E-state index contributed by atoms with van der Waals surface area (Å²) in [6, 6.07) is 0. The Labute approximate surface area is 63.3 Å². The molecule has 0 saturated carbocycles. The topological polar surface area (TPSA) is 43.7 Å². The molecule has 0 aliphatic rings. The van der Waals surface area contributed by atoms with Crippen LogP contribution in [0.5, 0.6) is 0 Å². The number of nitrogens with zero attached hydrogens (tertiary/aromatic N) is 1. The standard InChI is InChI=1S/C5H13N.C2H6O2/c1-4-6(3)5-2;3-1-2-4/h4-5H2,1-3H3;3-4H,1-2H2. The number of hydrogen-bond acceptors (Lipinski definition) is 3. The van der Waals surface area contributed by atoms with Crippen LogP contribution in [0.1, 0.15) is 13.8 Å². The van der Waals surface area contributed by atoms with Crippen LogP contribution in [0.2, 0.25) is 0 Å². The van der Waals surface area contributed by atoms with Crippen LogP contribution in [0.25, 0.3) is 0 Å². The Hall–Kier alpha value is -0.120. The van der Waals surface area contributed by atoms with Gasteiger partial charge in [0.1, 0.15) is 0 Å². The zero-order valence-corrected chi connectivity index (χ0v) is 7.17. The highest BCUT2D eigenvalue weighted by Crippen LogP contribution is 1.73. The summed E-state index contributed by atoms with van der Waals surface area (Å²) in [6.45, 7) is 6.39. The molecule has 3 nitrogen and oxygen atoms in total. The number of aliphatic hydroxyl groups excluding tert-OH is 2. The molecule has 0 fully saturated rings. The van der Waals surface area contributed by atoms with E-state index in [1.165, 1.54) is 0 Å². The summed E-state index contributed by atoms with van der Waals surface area (Å²) in [5.74, 6) is 0. The minimum atomic E-state index is -0.125. The summed E-state index contributed by atoms with van der Waals surface area (Å²) < 4.78 is 0. The molecule has 0 aromatic rings. The third-order valence-corrected chi connectivity index (χ3v) is 1.18. The average molecular weight is 149 g/mol. The molecule has 0 aliphatic carbocycles. The third kappa shape index (κ3) is 15.7. The summed E-state index contributed by atoms with van der Waals surface area (Å²) >= 11 is 0. The van der Waals surface area contributed by atoms with Gasteiger partial charge >= 0.3 is 0 Å². The van der Waals surface area contributed by atoms with Gasteiger partial charge in [0.25, 0.3) is 0 Å². The third-order valence-electron chi connectivity index (χ3n) is 1.18. The van der Waals surface area contributed by atoms with E-state index < -0.39 is 0 Å². The van der Waals surface area contributed by atoms with Crippen LogP contribution in [-0.4, -0.2) is 48.5 Å². The summed E-state index contributed by atoms with van der Waals surface area (Å²) in [7, 11) is 2.11. The van der Waals surface area contributed by atoms with Gasteiger partial charge in [0.15, 0.2) is 0 Å². The number of rotatable bonds is 3. The maximum Gasteiger partial charge on any atom is 0.0662 e. The van der Waals surface area contributed by atoms with Gasteiger partial charge in [-0.05, 0) is 20.1 Å². The maximum absolute atomic E-state index is 7.62. The summed E-state index contributed by atoms with van der Waals surface area (Å²) in [6.07, 6.45) is 0. The predicted octanol–water partition coefficient (Wildman–Crippen LogP) is -0.0710. The molecule has 64 valence electrons. The first kappa shape index (κ1) is 12.5. The fourth-order valence-electron chi connectivity index (χ4n) is 0.224. The van der Waals surface area contributed by atoms with Gasteiger partial charge in [0, 0.05) is 0 Å².